The molecular formula is C14H28N2O2. The van der Waals surface area contributed by atoms with Crippen LogP contribution in [0.15, 0.2) is 0 Å². The van der Waals surface area contributed by atoms with Crippen molar-refractivity contribution in [2.24, 2.45) is 0 Å². The van der Waals surface area contributed by atoms with Gasteiger partial charge in [0.05, 0.1) is 0 Å². The van der Waals surface area contributed by atoms with E-state index < -0.39 is 5.60 Å². The average Bonchev–Trinajstić information content (AvgIpc) is 2.25. The minimum atomic E-state index is -0.409. The van der Waals surface area contributed by atoms with Gasteiger partial charge in [-0.3, -0.25) is 4.90 Å². The van der Waals surface area contributed by atoms with Crippen molar-refractivity contribution < 1.29 is 9.53 Å². The Morgan fingerprint density at radius 2 is 1.94 bits per heavy atom. The highest BCUT2D eigenvalue weighted by molar-refractivity contribution is 5.68. The third-order valence-electron chi connectivity index (χ3n) is 3.31. The summed E-state index contributed by atoms with van der Waals surface area (Å²) in [6.45, 7) is 14.8. The molecule has 0 radical (unpaired) electrons. The van der Waals surface area contributed by atoms with Gasteiger partial charge < -0.3 is 9.64 Å². The van der Waals surface area contributed by atoms with Crippen LogP contribution in [0.4, 0.5) is 4.79 Å². The predicted molar refractivity (Wildman–Crippen MR) is 73.7 cm³/mol. The Morgan fingerprint density at radius 1 is 1.33 bits per heavy atom. The molecule has 0 saturated carbocycles. The number of hydrogen-bond acceptors (Lipinski definition) is 3. The van der Waals surface area contributed by atoms with E-state index in [-0.39, 0.29) is 6.09 Å². The Hall–Kier alpha value is -0.770. The van der Waals surface area contributed by atoms with Crippen LogP contribution in [0.2, 0.25) is 0 Å². The Morgan fingerprint density at radius 3 is 2.39 bits per heavy atom. The molecule has 18 heavy (non-hydrogen) atoms. The molecule has 0 aromatic heterocycles. The fourth-order valence-corrected chi connectivity index (χ4v) is 2.41. The Bertz CT molecular complexity index is 284. The Balaban J connectivity index is 2.60. The van der Waals surface area contributed by atoms with Crippen molar-refractivity contribution in [3.05, 3.63) is 0 Å². The van der Waals surface area contributed by atoms with Crippen LogP contribution in [-0.4, -0.2) is 53.2 Å². The molecule has 0 bridgehead atoms. The summed E-state index contributed by atoms with van der Waals surface area (Å²) < 4.78 is 5.43. The lowest BCUT2D eigenvalue weighted by Gasteiger charge is -2.43. The van der Waals surface area contributed by atoms with Gasteiger partial charge >= 0.3 is 6.09 Å². The molecule has 1 aliphatic heterocycles. The van der Waals surface area contributed by atoms with Crippen LogP contribution < -0.4 is 0 Å². The lowest BCUT2D eigenvalue weighted by Crippen LogP contribution is -2.57. The summed E-state index contributed by atoms with van der Waals surface area (Å²) in [5.41, 5.74) is -0.409. The summed E-state index contributed by atoms with van der Waals surface area (Å²) in [6, 6.07) is 0.988. The summed E-state index contributed by atoms with van der Waals surface area (Å²) in [4.78, 5) is 16.4. The van der Waals surface area contributed by atoms with Gasteiger partial charge in [0.15, 0.2) is 0 Å². The highest BCUT2D eigenvalue weighted by Crippen LogP contribution is 2.18. The summed E-state index contributed by atoms with van der Waals surface area (Å²) >= 11 is 0. The second kappa shape index (κ2) is 5.91. The van der Waals surface area contributed by atoms with E-state index in [0.717, 1.165) is 26.1 Å². The fourth-order valence-electron chi connectivity index (χ4n) is 2.41. The summed E-state index contributed by atoms with van der Waals surface area (Å²) in [7, 11) is 0. The van der Waals surface area contributed by atoms with Crippen LogP contribution in [0.3, 0.4) is 0 Å². The van der Waals surface area contributed by atoms with E-state index in [4.69, 9.17) is 4.74 Å². The molecule has 1 heterocycles. The van der Waals surface area contributed by atoms with E-state index in [9.17, 15) is 4.79 Å². The van der Waals surface area contributed by atoms with Crippen LogP contribution in [0.1, 0.15) is 48.0 Å². The number of carbonyl (C=O) groups is 1. The molecule has 1 fully saturated rings. The van der Waals surface area contributed by atoms with Crippen molar-refractivity contribution in [1.82, 2.24) is 9.80 Å². The van der Waals surface area contributed by atoms with Gasteiger partial charge in [-0.1, -0.05) is 6.92 Å². The Kier molecular flexibility index (Phi) is 5.02. The number of piperazine rings is 1. The molecule has 1 amide bonds. The first kappa shape index (κ1) is 15.3. The summed E-state index contributed by atoms with van der Waals surface area (Å²) in [5, 5.41) is 0. The maximum absolute atomic E-state index is 12.0. The van der Waals surface area contributed by atoms with E-state index >= 15 is 0 Å². The zero-order chi connectivity index (χ0) is 13.9. The predicted octanol–water partition coefficient (Wildman–Crippen LogP) is 2.73. The third kappa shape index (κ3) is 4.16. The van der Waals surface area contributed by atoms with Gasteiger partial charge in [-0.2, -0.15) is 0 Å². The number of carbonyl (C=O) groups excluding carboxylic acids is 1. The Labute approximate surface area is 111 Å². The second-order valence-electron chi connectivity index (χ2n) is 6.32. The van der Waals surface area contributed by atoms with Crippen molar-refractivity contribution >= 4 is 6.09 Å². The second-order valence-corrected chi connectivity index (χ2v) is 6.32. The molecule has 4 nitrogen and oxygen atoms in total. The van der Waals surface area contributed by atoms with Crippen molar-refractivity contribution in [3.8, 4) is 0 Å². The molecular weight excluding hydrogens is 228 g/mol. The zero-order valence-corrected chi connectivity index (χ0v) is 12.7. The van der Waals surface area contributed by atoms with Crippen molar-refractivity contribution in [2.75, 3.05) is 19.6 Å². The van der Waals surface area contributed by atoms with Crippen LogP contribution in [-0.2, 0) is 4.74 Å². The zero-order valence-electron chi connectivity index (χ0n) is 12.7. The largest absolute Gasteiger partial charge is 0.444 e. The number of nitrogens with zero attached hydrogens (tertiary/aromatic N) is 2. The molecule has 0 spiro atoms. The van der Waals surface area contributed by atoms with Gasteiger partial charge in [-0.05, 0) is 41.0 Å². The molecule has 106 valence electrons. The highest BCUT2D eigenvalue weighted by atomic mass is 16.6. The topological polar surface area (TPSA) is 32.8 Å². The SMILES string of the molecule is CC[C@H]1CN(C(=O)OC(C)(C)C)CCN1C(C)C. The first-order valence-electron chi connectivity index (χ1n) is 6.98. The lowest BCUT2D eigenvalue weighted by atomic mass is 10.1. The molecule has 0 aliphatic carbocycles. The summed E-state index contributed by atoms with van der Waals surface area (Å²) in [6.07, 6.45) is 0.890. The van der Waals surface area contributed by atoms with Crippen LogP contribution in [0.25, 0.3) is 0 Å². The fraction of sp³-hybridized carbons (Fsp3) is 0.929. The average molecular weight is 256 g/mol. The lowest BCUT2D eigenvalue weighted by molar-refractivity contribution is -0.00234. The van der Waals surface area contributed by atoms with Gasteiger partial charge in [-0.15, -0.1) is 0 Å². The van der Waals surface area contributed by atoms with Crippen molar-refractivity contribution in [2.45, 2.75) is 65.6 Å². The molecule has 0 N–H and O–H groups in total. The number of amides is 1. The molecule has 1 aliphatic rings. The van der Waals surface area contributed by atoms with E-state index in [1.165, 1.54) is 0 Å². The quantitative estimate of drug-likeness (QED) is 0.761. The van der Waals surface area contributed by atoms with E-state index in [1.807, 2.05) is 25.7 Å². The molecule has 0 aromatic carbocycles. The third-order valence-corrected chi connectivity index (χ3v) is 3.31. The minimum absolute atomic E-state index is 0.177. The normalized spacial score (nSPS) is 22.4. The van der Waals surface area contributed by atoms with Gasteiger partial charge in [0, 0.05) is 31.7 Å². The van der Waals surface area contributed by atoms with Gasteiger partial charge in [-0.25, -0.2) is 4.79 Å². The van der Waals surface area contributed by atoms with Crippen LogP contribution in [0.5, 0.6) is 0 Å². The smallest absolute Gasteiger partial charge is 0.410 e. The van der Waals surface area contributed by atoms with E-state index in [0.29, 0.717) is 12.1 Å². The van der Waals surface area contributed by atoms with Crippen molar-refractivity contribution in [3.63, 3.8) is 0 Å². The van der Waals surface area contributed by atoms with Crippen LogP contribution in [0, 0.1) is 0 Å². The molecule has 0 unspecified atom stereocenters. The first-order valence-corrected chi connectivity index (χ1v) is 6.98. The molecule has 1 atom stereocenters. The maximum Gasteiger partial charge on any atom is 0.410 e. The van der Waals surface area contributed by atoms with E-state index in [2.05, 4.69) is 25.7 Å². The number of hydrogen-bond donors (Lipinski definition) is 0. The molecule has 1 rings (SSSR count). The van der Waals surface area contributed by atoms with Gasteiger partial charge in [0.2, 0.25) is 0 Å². The molecule has 0 aromatic rings. The van der Waals surface area contributed by atoms with Gasteiger partial charge in [0.1, 0.15) is 5.60 Å². The first-order chi connectivity index (χ1) is 8.24. The molecule has 4 heteroatoms. The van der Waals surface area contributed by atoms with Crippen LogP contribution >= 0.6 is 0 Å². The molecule has 1 saturated heterocycles. The highest BCUT2D eigenvalue weighted by Gasteiger charge is 2.31. The maximum atomic E-state index is 12.0. The standard InChI is InChI=1S/C14H28N2O2/c1-7-12-10-15(8-9-16(12)11(2)3)13(17)18-14(4,5)6/h11-12H,7-10H2,1-6H3/t12-/m0/s1. The number of rotatable bonds is 2. The van der Waals surface area contributed by atoms with E-state index in [1.54, 1.807) is 0 Å². The monoisotopic (exact) mass is 256 g/mol. The van der Waals surface area contributed by atoms with Crippen molar-refractivity contribution in [1.29, 1.82) is 0 Å². The van der Waals surface area contributed by atoms with Gasteiger partial charge in [0.25, 0.3) is 0 Å². The minimum Gasteiger partial charge on any atom is -0.444 e. The number of ether oxygens (including phenoxy) is 1. The summed E-state index contributed by atoms with van der Waals surface area (Å²) in [5.74, 6) is 0.